The van der Waals surface area contributed by atoms with Crippen LogP contribution in [0, 0.1) is 0 Å². The fraction of sp³-hybridized carbons (Fsp3) is 0.625. The second-order valence-electron chi connectivity index (χ2n) is 5.02. The predicted octanol–water partition coefficient (Wildman–Crippen LogP) is 3.57. The lowest BCUT2D eigenvalue weighted by atomic mass is 10.0. The van der Waals surface area contributed by atoms with E-state index >= 15 is 0 Å². The van der Waals surface area contributed by atoms with E-state index in [-0.39, 0.29) is 11.8 Å². The number of hydrogen-bond acceptors (Lipinski definition) is 4. The van der Waals surface area contributed by atoms with Crippen molar-refractivity contribution in [3.63, 3.8) is 0 Å². The van der Waals surface area contributed by atoms with Crippen LogP contribution in [0.1, 0.15) is 45.2 Å². The van der Waals surface area contributed by atoms with Crippen LogP contribution in [0.25, 0.3) is 0 Å². The van der Waals surface area contributed by atoms with Gasteiger partial charge in [-0.25, -0.2) is 0 Å². The quantitative estimate of drug-likeness (QED) is 0.731. The maximum absolute atomic E-state index is 9.94. The molecule has 0 aromatic heterocycles. The largest absolute Gasteiger partial charge is 0.503 e. The number of likely N-dealkylation sites (N-methyl/N-ethyl adjacent to an activating group) is 1. The van der Waals surface area contributed by atoms with Crippen molar-refractivity contribution in [1.82, 2.24) is 4.90 Å². The summed E-state index contributed by atoms with van der Waals surface area (Å²) >= 11 is 6.12. The Labute approximate surface area is 132 Å². The van der Waals surface area contributed by atoms with Gasteiger partial charge >= 0.3 is 0 Å². The van der Waals surface area contributed by atoms with Crippen molar-refractivity contribution in [1.29, 1.82) is 0 Å². The van der Waals surface area contributed by atoms with Crippen LogP contribution >= 0.6 is 11.6 Å². The highest BCUT2D eigenvalue weighted by atomic mass is 35.5. The molecule has 1 aromatic rings. The summed E-state index contributed by atoms with van der Waals surface area (Å²) in [7, 11) is 0. The number of phenolic OH excluding ortho intramolecular Hbond substituents is 1. The van der Waals surface area contributed by atoms with Crippen LogP contribution in [0.15, 0.2) is 12.1 Å². The number of unbranched alkanes of at least 4 members (excludes halogenated alkanes) is 1. The van der Waals surface area contributed by atoms with Crippen LogP contribution < -0.4 is 10.5 Å². The topological polar surface area (TPSA) is 58.7 Å². The Hall–Kier alpha value is -0.970. The molecule has 1 aromatic carbocycles. The molecule has 120 valence electrons. The van der Waals surface area contributed by atoms with E-state index in [0.717, 1.165) is 31.5 Å². The van der Waals surface area contributed by atoms with Gasteiger partial charge in [-0.05, 0) is 44.1 Å². The van der Waals surface area contributed by atoms with E-state index in [1.54, 1.807) is 6.07 Å². The van der Waals surface area contributed by atoms with Gasteiger partial charge in [0.1, 0.15) is 0 Å². The van der Waals surface area contributed by atoms with E-state index in [4.69, 9.17) is 22.1 Å². The molecule has 0 amide bonds. The van der Waals surface area contributed by atoms with Crippen LogP contribution in [-0.4, -0.2) is 36.2 Å². The van der Waals surface area contributed by atoms with Gasteiger partial charge in [0.15, 0.2) is 11.5 Å². The van der Waals surface area contributed by atoms with E-state index in [2.05, 4.69) is 18.7 Å². The molecule has 0 spiro atoms. The molecule has 4 nitrogen and oxygen atoms in total. The number of halogens is 1. The fourth-order valence-corrected chi connectivity index (χ4v) is 2.66. The molecule has 0 fully saturated rings. The Morgan fingerprint density at radius 1 is 1.33 bits per heavy atom. The first-order valence-corrected chi connectivity index (χ1v) is 8.06. The highest BCUT2D eigenvalue weighted by Gasteiger charge is 2.20. The average Bonchev–Trinajstić information content (AvgIpc) is 2.48. The van der Waals surface area contributed by atoms with Crippen molar-refractivity contribution in [3.05, 3.63) is 22.7 Å². The van der Waals surface area contributed by atoms with E-state index < -0.39 is 0 Å². The summed E-state index contributed by atoms with van der Waals surface area (Å²) in [4.78, 5) is 2.34. The molecule has 1 atom stereocenters. The standard InChI is InChI=1S/C16H27ClN2O2/c1-4-7-8-19(5-2)14(11-18)12-9-13(17)16(20)15(10-12)21-6-3/h9-10,14,20H,4-8,11,18H2,1-3H3. The Bertz CT molecular complexity index is 441. The molecule has 21 heavy (non-hydrogen) atoms. The van der Waals surface area contributed by atoms with Crippen LogP contribution in [0.2, 0.25) is 5.02 Å². The second kappa shape index (κ2) is 9.13. The summed E-state index contributed by atoms with van der Waals surface area (Å²) in [6.45, 7) is 9.08. The summed E-state index contributed by atoms with van der Waals surface area (Å²) in [6.07, 6.45) is 2.28. The van der Waals surface area contributed by atoms with Crippen LogP contribution in [0.5, 0.6) is 11.5 Å². The number of hydrogen-bond donors (Lipinski definition) is 2. The maximum atomic E-state index is 9.94. The van der Waals surface area contributed by atoms with Crippen molar-refractivity contribution >= 4 is 11.6 Å². The molecule has 5 heteroatoms. The van der Waals surface area contributed by atoms with Gasteiger partial charge < -0.3 is 15.6 Å². The SMILES string of the molecule is CCCCN(CC)C(CN)c1cc(Cl)c(O)c(OCC)c1. The second-order valence-corrected chi connectivity index (χ2v) is 5.42. The highest BCUT2D eigenvalue weighted by molar-refractivity contribution is 6.32. The molecule has 1 rings (SSSR count). The third kappa shape index (κ3) is 4.77. The molecule has 0 aliphatic rings. The predicted molar refractivity (Wildman–Crippen MR) is 88.2 cm³/mol. The Morgan fingerprint density at radius 2 is 2.05 bits per heavy atom. The van der Waals surface area contributed by atoms with Crippen molar-refractivity contribution in [2.45, 2.75) is 39.7 Å². The van der Waals surface area contributed by atoms with Gasteiger partial charge in [-0.15, -0.1) is 0 Å². The molecule has 3 N–H and O–H groups in total. The Balaban J connectivity index is 3.08. The van der Waals surface area contributed by atoms with Crippen LogP contribution in [0.4, 0.5) is 0 Å². The Kier molecular flexibility index (Phi) is 7.86. The summed E-state index contributed by atoms with van der Waals surface area (Å²) in [5.74, 6) is 0.416. The molecule has 1 unspecified atom stereocenters. The first-order chi connectivity index (χ1) is 10.1. The zero-order valence-electron chi connectivity index (χ0n) is 13.2. The minimum absolute atomic E-state index is 0.00496. The monoisotopic (exact) mass is 314 g/mol. The van der Waals surface area contributed by atoms with Crippen molar-refractivity contribution in [2.75, 3.05) is 26.2 Å². The maximum Gasteiger partial charge on any atom is 0.176 e. The molecule has 0 heterocycles. The van der Waals surface area contributed by atoms with Gasteiger partial charge in [-0.2, -0.15) is 0 Å². The number of ether oxygens (including phenoxy) is 1. The molecule has 0 saturated carbocycles. The number of benzene rings is 1. The number of phenols is 1. The molecule has 0 saturated heterocycles. The molecule has 0 bridgehead atoms. The summed E-state index contributed by atoms with van der Waals surface area (Å²) in [5, 5.41) is 10.2. The Morgan fingerprint density at radius 3 is 2.57 bits per heavy atom. The van der Waals surface area contributed by atoms with Crippen molar-refractivity contribution in [3.8, 4) is 11.5 Å². The van der Waals surface area contributed by atoms with Crippen LogP contribution in [0.3, 0.4) is 0 Å². The van der Waals surface area contributed by atoms with Crippen molar-refractivity contribution < 1.29 is 9.84 Å². The lowest BCUT2D eigenvalue weighted by Crippen LogP contribution is -2.34. The van der Waals surface area contributed by atoms with E-state index in [1.165, 1.54) is 0 Å². The first-order valence-electron chi connectivity index (χ1n) is 7.68. The highest BCUT2D eigenvalue weighted by Crippen LogP contribution is 2.37. The third-order valence-corrected chi connectivity index (χ3v) is 3.89. The number of aromatic hydroxyl groups is 1. The van der Waals surface area contributed by atoms with Gasteiger partial charge in [0, 0.05) is 12.6 Å². The number of nitrogens with zero attached hydrogens (tertiary/aromatic N) is 1. The number of nitrogens with two attached hydrogens (primary N) is 1. The minimum Gasteiger partial charge on any atom is -0.503 e. The molecular weight excluding hydrogens is 288 g/mol. The summed E-state index contributed by atoms with van der Waals surface area (Å²) in [6, 6.07) is 3.71. The van der Waals surface area contributed by atoms with Gasteiger partial charge in [0.2, 0.25) is 0 Å². The molecule has 0 aliphatic carbocycles. The molecule has 0 radical (unpaired) electrons. The van der Waals surface area contributed by atoms with E-state index in [1.807, 2.05) is 13.0 Å². The lowest BCUT2D eigenvalue weighted by Gasteiger charge is -2.30. The number of rotatable bonds is 9. The molecular formula is C16H27ClN2O2. The van der Waals surface area contributed by atoms with E-state index in [0.29, 0.717) is 23.9 Å². The van der Waals surface area contributed by atoms with Gasteiger partial charge in [0.05, 0.1) is 11.6 Å². The third-order valence-electron chi connectivity index (χ3n) is 3.60. The smallest absolute Gasteiger partial charge is 0.176 e. The fourth-order valence-electron chi connectivity index (χ4n) is 2.44. The summed E-state index contributed by atoms with van der Waals surface area (Å²) in [5.41, 5.74) is 6.96. The van der Waals surface area contributed by atoms with Gasteiger partial charge in [-0.3, -0.25) is 4.90 Å². The molecule has 0 aliphatic heterocycles. The zero-order valence-corrected chi connectivity index (χ0v) is 14.0. The van der Waals surface area contributed by atoms with Gasteiger partial charge in [0.25, 0.3) is 0 Å². The van der Waals surface area contributed by atoms with Gasteiger partial charge in [-0.1, -0.05) is 31.9 Å². The first kappa shape index (κ1) is 18.1. The van der Waals surface area contributed by atoms with E-state index in [9.17, 15) is 5.11 Å². The zero-order chi connectivity index (χ0) is 15.8. The minimum atomic E-state index is -0.00496. The van der Waals surface area contributed by atoms with Crippen LogP contribution in [-0.2, 0) is 0 Å². The normalized spacial score (nSPS) is 12.7. The lowest BCUT2D eigenvalue weighted by molar-refractivity contribution is 0.208. The van der Waals surface area contributed by atoms with Crippen molar-refractivity contribution in [2.24, 2.45) is 5.73 Å². The average molecular weight is 315 g/mol. The summed E-state index contributed by atoms with van der Waals surface area (Å²) < 4.78 is 5.45.